The van der Waals surface area contributed by atoms with Gasteiger partial charge in [-0.25, -0.2) is 4.79 Å². The van der Waals surface area contributed by atoms with Crippen molar-refractivity contribution < 1.29 is 19.1 Å². The third-order valence-corrected chi connectivity index (χ3v) is 4.28. The second kappa shape index (κ2) is 9.27. The number of benzene rings is 1. The van der Waals surface area contributed by atoms with Crippen molar-refractivity contribution in [3.8, 4) is 5.75 Å². The number of ether oxygens (including phenoxy) is 2. The average molecular weight is 349 g/mol. The minimum atomic E-state index is -0.185. The summed E-state index contributed by atoms with van der Waals surface area (Å²) in [5, 5.41) is 2.97. The lowest BCUT2D eigenvalue weighted by Gasteiger charge is -2.25. The molecule has 0 radical (unpaired) electrons. The Balaban J connectivity index is 2.00. The Morgan fingerprint density at radius 1 is 1.40 bits per heavy atom. The molecule has 0 saturated carbocycles. The molecule has 1 aliphatic rings. The van der Waals surface area contributed by atoms with Crippen LogP contribution >= 0.6 is 0 Å². The average Bonchev–Trinajstić information content (AvgIpc) is 2.97. The van der Waals surface area contributed by atoms with Crippen molar-refractivity contribution in [2.75, 3.05) is 40.5 Å². The highest BCUT2D eigenvalue weighted by Crippen LogP contribution is 2.15. The summed E-state index contributed by atoms with van der Waals surface area (Å²) in [5.74, 6) is 0.841. The Bertz CT molecular complexity index is 593. The van der Waals surface area contributed by atoms with E-state index in [1.54, 1.807) is 24.0 Å². The molecule has 7 heteroatoms. The van der Waals surface area contributed by atoms with Crippen LogP contribution in [0.2, 0.25) is 0 Å². The first-order valence-electron chi connectivity index (χ1n) is 8.52. The molecule has 1 aliphatic heterocycles. The van der Waals surface area contributed by atoms with Crippen molar-refractivity contribution in [3.05, 3.63) is 29.8 Å². The number of hydrogen-bond donors (Lipinski definition) is 1. The van der Waals surface area contributed by atoms with E-state index in [0.29, 0.717) is 39.2 Å². The summed E-state index contributed by atoms with van der Waals surface area (Å²) in [7, 11) is 3.22. The number of urea groups is 1. The van der Waals surface area contributed by atoms with E-state index in [1.807, 2.05) is 31.2 Å². The Labute approximate surface area is 148 Å². The van der Waals surface area contributed by atoms with Crippen LogP contribution in [0.15, 0.2) is 24.3 Å². The first kappa shape index (κ1) is 19.1. The smallest absolute Gasteiger partial charge is 0.318 e. The highest BCUT2D eigenvalue weighted by Gasteiger charge is 2.30. The summed E-state index contributed by atoms with van der Waals surface area (Å²) in [5.41, 5.74) is 0.975. The van der Waals surface area contributed by atoms with E-state index in [4.69, 9.17) is 9.47 Å². The molecule has 138 valence electrons. The van der Waals surface area contributed by atoms with Gasteiger partial charge >= 0.3 is 6.03 Å². The van der Waals surface area contributed by atoms with Crippen LogP contribution in [0.25, 0.3) is 0 Å². The second-order valence-electron chi connectivity index (χ2n) is 6.05. The zero-order chi connectivity index (χ0) is 18.2. The highest BCUT2D eigenvalue weighted by molar-refractivity contribution is 5.81. The van der Waals surface area contributed by atoms with E-state index in [2.05, 4.69) is 5.32 Å². The fourth-order valence-electron chi connectivity index (χ4n) is 2.89. The minimum Gasteiger partial charge on any atom is -0.497 e. The Kier molecular flexibility index (Phi) is 7.06. The molecule has 1 atom stereocenters. The van der Waals surface area contributed by atoms with Crippen LogP contribution in [-0.2, 0) is 16.1 Å². The standard InChI is InChI=1S/C18H27N3O4/c1-4-20-13-15(11-17(20)22)19-18(23)21(8-9-24-2)12-14-6-5-7-16(10-14)25-3/h5-7,10,15H,4,8-9,11-13H2,1-3H3,(H,19,23)/t15-/m1/s1. The van der Waals surface area contributed by atoms with Crippen molar-refractivity contribution in [1.29, 1.82) is 0 Å². The summed E-state index contributed by atoms with van der Waals surface area (Å²) < 4.78 is 10.4. The number of methoxy groups -OCH3 is 2. The van der Waals surface area contributed by atoms with Crippen LogP contribution < -0.4 is 10.1 Å². The van der Waals surface area contributed by atoms with Crippen molar-refractivity contribution >= 4 is 11.9 Å². The highest BCUT2D eigenvalue weighted by atomic mass is 16.5. The van der Waals surface area contributed by atoms with Gasteiger partial charge in [0, 0.05) is 39.7 Å². The lowest BCUT2D eigenvalue weighted by Crippen LogP contribution is -2.46. The van der Waals surface area contributed by atoms with Crippen molar-refractivity contribution in [3.63, 3.8) is 0 Å². The van der Waals surface area contributed by atoms with E-state index in [0.717, 1.165) is 11.3 Å². The molecule has 0 aromatic heterocycles. The van der Waals surface area contributed by atoms with E-state index in [1.165, 1.54) is 0 Å². The molecule has 0 aliphatic carbocycles. The lowest BCUT2D eigenvalue weighted by atomic mass is 10.2. The molecule has 25 heavy (non-hydrogen) atoms. The number of rotatable bonds is 8. The quantitative estimate of drug-likeness (QED) is 0.772. The van der Waals surface area contributed by atoms with Crippen LogP contribution in [-0.4, -0.2) is 68.2 Å². The van der Waals surface area contributed by atoms with Gasteiger partial charge in [0.15, 0.2) is 0 Å². The van der Waals surface area contributed by atoms with Crippen LogP contribution in [0.1, 0.15) is 18.9 Å². The van der Waals surface area contributed by atoms with E-state index < -0.39 is 0 Å². The number of nitrogens with one attached hydrogen (secondary N) is 1. The molecule has 1 heterocycles. The molecule has 1 aromatic carbocycles. The SMILES string of the molecule is CCN1C[C@H](NC(=O)N(CCOC)Cc2cccc(OC)c2)CC1=O. The van der Waals surface area contributed by atoms with Crippen LogP contribution in [0.5, 0.6) is 5.75 Å². The summed E-state index contributed by atoms with van der Waals surface area (Å²) in [6.07, 6.45) is 0.358. The molecule has 1 aromatic rings. The molecule has 1 fully saturated rings. The van der Waals surface area contributed by atoms with Gasteiger partial charge in [-0.1, -0.05) is 12.1 Å². The van der Waals surface area contributed by atoms with E-state index in [-0.39, 0.29) is 18.0 Å². The zero-order valence-electron chi connectivity index (χ0n) is 15.2. The molecule has 1 N–H and O–H groups in total. The minimum absolute atomic E-state index is 0.0871. The second-order valence-corrected chi connectivity index (χ2v) is 6.05. The maximum Gasteiger partial charge on any atom is 0.318 e. The van der Waals surface area contributed by atoms with E-state index in [9.17, 15) is 9.59 Å². The van der Waals surface area contributed by atoms with Crippen LogP contribution in [0, 0.1) is 0 Å². The molecule has 0 bridgehead atoms. The number of amides is 3. The van der Waals surface area contributed by atoms with Gasteiger partial charge in [-0.15, -0.1) is 0 Å². The van der Waals surface area contributed by atoms with Crippen LogP contribution in [0.3, 0.4) is 0 Å². The van der Waals surface area contributed by atoms with Gasteiger partial charge in [0.25, 0.3) is 0 Å². The molecule has 3 amide bonds. The predicted molar refractivity (Wildman–Crippen MR) is 94.5 cm³/mol. The first-order chi connectivity index (χ1) is 12.1. The van der Waals surface area contributed by atoms with Crippen molar-refractivity contribution in [2.45, 2.75) is 25.9 Å². The van der Waals surface area contributed by atoms with E-state index >= 15 is 0 Å². The van der Waals surface area contributed by atoms with Gasteiger partial charge in [0.2, 0.25) is 5.91 Å². The lowest BCUT2D eigenvalue weighted by molar-refractivity contribution is -0.127. The normalized spacial score (nSPS) is 16.8. The predicted octanol–water partition coefficient (Wildman–Crippen LogP) is 1.47. The van der Waals surface area contributed by atoms with Crippen molar-refractivity contribution in [2.24, 2.45) is 0 Å². The number of likely N-dealkylation sites (tertiary alicyclic amines) is 1. The molecule has 0 unspecified atom stereocenters. The van der Waals surface area contributed by atoms with Gasteiger partial charge in [-0.05, 0) is 24.6 Å². The fourth-order valence-corrected chi connectivity index (χ4v) is 2.89. The number of carbonyl (C=O) groups is 2. The third kappa shape index (κ3) is 5.35. The molecule has 0 spiro atoms. The summed E-state index contributed by atoms with van der Waals surface area (Å²) in [6.45, 7) is 4.54. The molecular weight excluding hydrogens is 322 g/mol. The summed E-state index contributed by atoms with van der Waals surface area (Å²) in [6, 6.07) is 7.30. The number of likely N-dealkylation sites (N-methyl/N-ethyl adjacent to an activating group) is 1. The van der Waals surface area contributed by atoms with Gasteiger partial charge in [0.1, 0.15) is 5.75 Å². The Morgan fingerprint density at radius 3 is 2.84 bits per heavy atom. The molecule has 2 rings (SSSR count). The van der Waals surface area contributed by atoms with Crippen molar-refractivity contribution in [1.82, 2.24) is 15.1 Å². The van der Waals surface area contributed by atoms with Gasteiger partial charge < -0.3 is 24.6 Å². The third-order valence-electron chi connectivity index (χ3n) is 4.28. The van der Waals surface area contributed by atoms with Gasteiger partial charge in [0.05, 0.1) is 19.8 Å². The van der Waals surface area contributed by atoms with Gasteiger partial charge in [-0.3, -0.25) is 4.79 Å². The Hall–Kier alpha value is -2.28. The number of nitrogens with zero attached hydrogens (tertiary/aromatic N) is 2. The fraction of sp³-hybridized carbons (Fsp3) is 0.556. The summed E-state index contributed by atoms with van der Waals surface area (Å²) in [4.78, 5) is 27.9. The number of hydrogen-bond acceptors (Lipinski definition) is 4. The zero-order valence-corrected chi connectivity index (χ0v) is 15.2. The number of carbonyl (C=O) groups excluding carboxylic acids is 2. The topological polar surface area (TPSA) is 71.1 Å². The van der Waals surface area contributed by atoms with Gasteiger partial charge in [-0.2, -0.15) is 0 Å². The molecular formula is C18H27N3O4. The Morgan fingerprint density at radius 2 is 2.20 bits per heavy atom. The largest absolute Gasteiger partial charge is 0.497 e. The molecule has 7 nitrogen and oxygen atoms in total. The maximum absolute atomic E-state index is 12.7. The first-order valence-corrected chi connectivity index (χ1v) is 8.52. The monoisotopic (exact) mass is 349 g/mol. The van der Waals surface area contributed by atoms with Crippen LogP contribution in [0.4, 0.5) is 4.79 Å². The molecule has 1 saturated heterocycles. The summed E-state index contributed by atoms with van der Waals surface area (Å²) >= 11 is 0. The maximum atomic E-state index is 12.7.